The van der Waals surface area contributed by atoms with Crippen LogP contribution in [0.2, 0.25) is 0 Å². The number of carbonyl (C=O) groups excluding carboxylic acids is 3. The number of aldehydes is 1. The lowest BCUT2D eigenvalue weighted by atomic mass is 9.94. The van der Waals surface area contributed by atoms with Crippen LogP contribution < -0.4 is 5.73 Å². The average Bonchev–Trinajstić information content (AvgIpc) is 2.84. The molecule has 3 rings (SSSR count). The fourth-order valence-corrected chi connectivity index (χ4v) is 3.03. The van der Waals surface area contributed by atoms with Crippen molar-refractivity contribution in [3.05, 3.63) is 94.3 Å². The number of aliphatic hydroxyl groups excluding tert-OH is 1. The van der Waals surface area contributed by atoms with Crippen LogP contribution in [0.25, 0.3) is 11.1 Å². The Kier molecular flexibility index (Phi) is 8.67. The summed E-state index contributed by atoms with van der Waals surface area (Å²) in [6, 6.07) is 15.0. The summed E-state index contributed by atoms with van der Waals surface area (Å²) in [5.41, 5.74) is 7.77. The highest BCUT2D eigenvalue weighted by atomic mass is 19.1. The van der Waals surface area contributed by atoms with Crippen molar-refractivity contribution in [1.82, 2.24) is 0 Å². The summed E-state index contributed by atoms with van der Waals surface area (Å²) in [6.07, 6.45) is 0.357. The van der Waals surface area contributed by atoms with Gasteiger partial charge >= 0.3 is 5.97 Å². The molecule has 0 aromatic heterocycles. The number of nitrogens with two attached hydrogens (primary N) is 1. The fraction of sp³-hybridized carbons (Fsp3) is 0.0833. The van der Waals surface area contributed by atoms with Gasteiger partial charge in [0.25, 0.3) is 5.91 Å². The fourth-order valence-electron chi connectivity index (χ4n) is 3.03. The SMILES string of the molecule is CO.Cc1ccccc1-c1ccc(C(=O)N=C(N)c2ccc(C=O)c(F)c2)cc1C(=O)OO. The van der Waals surface area contributed by atoms with Gasteiger partial charge in [-0.25, -0.2) is 9.18 Å². The molecule has 1 amide bonds. The van der Waals surface area contributed by atoms with E-state index in [0.29, 0.717) is 11.8 Å². The first-order valence-corrected chi connectivity index (χ1v) is 9.49. The van der Waals surface area contributed by atoms with Crippen LogP contribution in [0.3, 0.4) is 0 Å². The number of rotatable bonds is 5. The zero-order chi connectivity index (χ0) is 24.5. The van der Waals surface area contributed by atoms with Crippen LogP contribution in [-0.2, 0) is 4.89 Å². The highest BCUT2D eigenvalue weighted by molar-refractivity contribution is 6.10. The maximum Gasteiger partial charge on any atom is 0.373 e. The van der Waals surface area contributed by atoms with Crippen molar-refractivity contribution < 1.29 is 34.0 Å². The molecule has 0 bridgehead atoms. The Hall–Kier alpha value is -4.21. The summed E-state index contributed by atoms with van der Waals surface area (Å²) in [5, 5.41) is 15.9. The Balaban J connectivity index is 0.00000187. The molecule has 0 radical (unpaired) electrons. The third-order valence-corrected chi connectivity index (χ3v) is 4.65. The van der Waals surface area contributed by atoms with Crippen LogP contribution in [0.5, 0.6) is 0 Å². The molecule has 0 saturated carbocycles. The smallest absolute Gasteiger partial charge is 0.373 e. The number of benzene rings is 3. The number of halogens is 1. The zero-order valence-electron chi connectivity index (χ0n) is 17.8. The van der Waals surface area contributed by atoms with Gasteiger partial charge in [0, 0.05) is 18.2 Å². The molecule has 0 aliphatic rings. The summed E-state index contributed by atoms with van der Waals surface area (Å²) < 4.78 is 13.8. The molecule has 9 heteroatoms. The quantitative estimate of drug-likeness (QED) is 0.177. The normalized spacial score (nSPS) is 10.6. The first kappa shape index (κ1) is 25.1. The third-order valence-electron chi connectivity index (χ3n) is 4.65. The molecule has 8 nitrogen and oxygen atoms in total. The van der Waals surface area contributed by atoms with Crippen LogP contribution in [0.4, 0.5) is 4.39 Å². The first-order chi connectivity index (χ1) is 15.8. The van der Waals surface area contributed by atoms with Gasteiger partial charge in [0.2, 0.25) is 0 Å². The second-order valence-electron chi connectivity index (χ2n) is 6.61. The van der Waals surface area contributed by atoms with E-state index in [1.807, 2.05) is 19.1 Å². The van der Waals surface area contributed by atoms with Gasteiger partial charge in [-0.2, -0.15) is 10.2 Å². The standard InChI is InChI=1S/C23H17FN2O5.CH4O/c1-13-4-2-3-5-17(13)18-9-8-15(10-19(18)23(29)31-30)22(28)26-21(25)14-6-7-16(12-27)20(24)11-14;1-2/h2-12,30H,1H3,(H2,25,26,28);2H,1H3. The summed E-state index contributed by atoms with van der Waals surface area (Å²) in [5.74, 6) is -2.90. The molecule has 0 aliphatic heterocycles. The summed E-state index contributed by atoms with van der Waals surface area (Å²) >= 11 is 0. The molecule has 0 spiro atoms. The summed E-state index contributed by atoms with van der Waals surface area (Å²) in [6.45, 7) is 1.85. The lowest BCUT2D eigenvalue weighted by Crippen LogP contribution is -2.17. The van der Waals surface area contributed by atoms with E-state index in [1.165, 1.54) is 30.3 Å². The van der Waals surface area contributed by atoms with Gasteiger partial charge < -0.3 is 10.8 Å². The van der Waals surface area contributed by atoms with Gasteiger partial charge in [-0.1, -0.05) is 36.4 Å². The Labute approximate surface area is 188 Å². The molecule has 0 atom stereocenters. The van der Waals surface area contributed by atoms with Crippen molar-refractivity contribution in [2.24, 2.45) is 10.7 Å². The van der Waals surface area contributed by atoms with E-state index in [9.17, 15) is 18.8 Å². The first-order valence-electron chi connectivity index (χ1n) is 9.49. The number of nitrogens with zero attached hydrogens (tertiary/aromatic N) is 1. The molecule has 0 aliphatic carbocycles. The molecule has 3 aromatic rings. The second kappa shape index (κ2) is 11.4. The number of amides is 1. The number of aliphatic imine (C=N–C) groups is 1. The molecule has 3 aromatic carbocycles. The maximum atomic E-state index is 13.8. The average molecular weight is 452 g/mol. The number of hydrogen-bond donors (Lipinski definition) is 3. The molecule has 0 saturated heterocycles. The van der Waals surface area contributed by atoms with Crippen LogP contribution in [0, 0.1) is 12.7 Å². The zero-order valence-corrected chi connectivity index (χ0v) is 17.8. The minimum Gasteiger partial charge on any atom is -0.400 e. The van der Waals surface area contributed by atoms with Gasteiger partial charge in [0.1, 0.15) is 11.7 Å². The summed E-state index contributed by atoms with van der Waals surface area (Å²) in [7, 11) is 1.00. The lowest BCUT2D eigenvalue weighted by molar-refractivity contribution is -0.182. The molecule has 33 heavy (non-hydrogen) atoms. The van der Waals surface area contributed by atoms with E-state index >= 15 is 0 Å². The number of hydrogen-bond acceptors (Lipinski definition) is 6. The van der Waals surface area contributed by atoms with Crippen molar-refractivity contribution in [2.75, 3.05) is 7.11 Å². The Morgan fingerprint density at radius 3 is 2.27 bits per heavy atom. The van der Waals surface area contributed by atoms with Crippen molar-refractivity contribution in [3.63, 3.8) is 0 Å². The Bertz CT molecular complexity index is 1220. The van der Waals surface area contributed by atoms with Crippen LogP contribution in [-0.4, -0.2) is 41.5 Å². The molecule has 0 unspecified atom stereocenters. The van der Waals surface area contributed by atoms with E-state index in [0.717, 1.165) is 24.3 Å². The molecule has 4 N–H and O–H groups in total. The van der Waals surface area contributed by atoms with Gasteiger partial charge in [0.05, 0.1) is 11.1 Å². The lowest BCUT2D eigenvalue weighted by Gasteiger charge is -2.11. The van der Waals surface area contributed by atoms with Gasteiger partial charge in [0.15, 0.2) is 6.29 Å². The number of amidine groups is 1. The van der Waals surface area contributed by atoms with Gasteiger partial charge in [-0.05, 0) is 47.9 Å². The Morgan fingerprint density at radius 1 is 1.00 bits per heavy atom. The van der Waals surface area contributed by atoms with Gasteiger partial charge in [-0.3, -0.25) is 14.5 Å². The number of carbonyl (C=O) groups is 3. The van der Waals surface area contributed by atoms with Crippen molar-refractivity contribution >= 4 is 24.0 Å². The van der Waals surface area contributed by atoms with E-state index < -0.39 is 17.7 Å². The number of aliphatic hydroxyl groups is 1. The topological polar surface area (TPSA) is 139 Å². The molecule has 0 heterocycles. The van der Waals surface area contributed by atoms with Crippen molar-refractivity contribution in [2.45, 2.75) is 6.92 Å². The highest BCUT2D eigenvalue weighted by Crippen LogP contribution is 2.28. The predicted molar refractivity (Wildman–Crippen MR) is 120 cm³/mol. The molecular formula is C24H21FN2O6. The number of aryl methyl sites for hydroxylation is 1. The molecule has 0 fully saturated rings. The van der Waals surface area contributed by atoms with E-state index in [1.54, 1.807) is 12.1 Å². The maximum absolute atomic E-state index is 13.8. The highest BCUT2D eigenvalue weighted by Gasteiger charge is 2.19. The molecular weight excluding hydrogens is 431 g/mol. The van der Waals surface area contributed by atoms with E-state index in [-0.39, 0.29) is 28.1 Å². The minimum atomic E-state index is -1.05. The summed E-state index contributed by atoms with van der Waals surface area (Å²) in [4.78, 5) is 43.0. The van der Waals surface area contributed by atoms with Crippen molar-refractivity contribution in [1.29, 1.82) is 0 Å². The minimum absolute atomic E-state index is 0.00525. The largest absolute Gasteiger partial charge is 0.400 e. The molecule has 170 valence electrons. The van der Waals surface area contributed by atoms with Gasteiger partial charge in [-0.15, -0.1) is 0 Å². The van der Waals surface area contributed by atoms with Crippen LogP contribution in [0.1, 0.15) is 42.2 Å². The monoisotopic (exact) mass is 452 g/mol. The second-order valence-corrected chi connectivity index (χ2v) is 6.61. The van der Waals surface area contributed by atoms with Crippen LogP contribution in [0.15, 0.2) is 65.7 Å². The Morgan fingerprint density at radius 2 is 1.67 bits per heavy atom. The van der Waals surface area contributed by atoms with E-state index in [2.05, 4.69) is 9.88 Å². The van der Waals surface area contributed by atoms with E-state index in [4.69, 9.17) is 16.1 Å². The predicted octanol–water partition coefficient (Wildman–Crippen LogP) is 3.40. The third kappa shape index (κ3) is 5.73. The van der Waals surface area contributed by atoms with Crippen molar-refractivity contribution in [3.8, 4) is 11.1 Å². The van der Waals surface area contributed by atoms with Crippen LogP contribution >= 0.6 is 0 Å².